The average molecular weight is 327 g/mol. The second-order valence-electron chi connectivity index (χ2n) is 3.47. The molecule has 94 valence electrons. The standard InChI is InChI=1S/C11H10BrF3OS/c1-7(16)5-8-3-2-4-9(6-12)10(8)17-11(13,14)15/h2-4H,5-6H2,1H3. The van der Waals surface area contributed by atoms with Crippen molar-refractivity contribution in [2.75, 3.05) is 0 Å². The van der Waals surface area contributed by atoms with Gasteiger partial charge in [0, 0.05) is 16.6 Å². The Bertz CT molecular complexity index is 418. The number of hydrogen-bond donors (Lipinski definition) is 0. The van der Waals surface area contributed by atoms with Crippen molar-refractivity contribution in [3.63, 3.8) is 0 Å². The van der Waals surface area contributed by atoms with Gasteiger partial charge in [0.15, 0.2) is 0 Å². The lowest BCUT2D eigenvalue weighted by Crippen LogP contribution is -2.05. The van der Waals surface area contributed by atoms with Crippen molar-refractivity contribution < 1.29 is 18.0 Å². The van der Waals surface area contributed by atoms with E-state index in [0.29, 0.717) is 16.5 Å². The Labute approximate surface area is 110 Å². The molecule has 1 nitrogen and oxygen atoms in total. The van der Waals surface area contributed by atoms with Crippen molar-refractivity contribution in [3.05, 3.63) is 29.3 Å². The molecule has 0 aliphatic heterocycles. The van der Waals surface area contributed by atoms with Crippen LogP contribution < -0.4 is 0 Å². The molecule has 0 radical (unpaired) electrons. The van der Waals surface area contributed by atoms with Crippen LogP contribution in [0.15, 0.2) is 23.1 Å². The Balaban J connectivity index is 3.15. The van der Waals surface area contributed by atoms with Crippen LogP contribution in [0.1, 0.15) is 18.1 Å². The second kappa shape index (κ2) is 5.91. The summed E-state index contributed by atoms with van der Waals surface area (Å²) in [6.07, 6.45) is 0.0270. The van der Waals surface area contributed by atoms with Crippen LogP contribution in [0.2, 0.25) is 0 Å². The molecule has 0 aliphatic carbocycles. The van der Waals surface area contributed by atoms with Crippen molar-refractivity contribution >= 4 is 33.5 Å². The summed E-state index contributed by atoms with van der Waals surface area (Å²) >= 11 is 2.99. The third kappa shape index (κ3) is 4.71. The van der Waals surface area contributed by atoms with Crippen LogP contribution in [-0.2, 0) is 16.5 Å². The summed E-state index contributed by atoms with van der Waals surface area (Å²) in [7, 11) is 0. The molecule has 0 bridgehead atoms. The number of ketones is 1. The molecule has 0 unspecified atom stereocenters. The molecule has 1 aromatic carbocycles. The minimum Gasteiger partial charge on any atom is -0.300 e. The zero-order valence-corrected chi connectivity index (χ0v) is 11.4. The summed E-state index contributed by atoms with van der Waals surface area (Å²) in [6, 6.07) is 4.84. The molecule has 0 aromatic heterocycles. The third-order valence-electron chi connectivity index (χ3n) is 1.98. The molecule has 0 saturated carbocycles. The number of Topliss-reactive ketones (excluding diaryl/α,β-unsaturated/α-hetero) is 1. The fourth-order valence-corrected chi connectivity index (χ4v) is 2.82. The molecule has 1 rings (SSSR count). The highest BCUT2D eigenvalue weighted by Gasteiger charge is 2.31. The van der Waals surface area contributed by atoms with Crippen LogP contribution in [0.5, 0.6) is 0 Å². The number of hydrogen-bond acceptors (Lipinski definition) is 2. The summed E-state index contributed by atoms with van der Waals surface area (Å²) in [5.41, 5.74) is -3.37. The van der Waals surface area contributed by atoms with Gasteiger partial charge >= 0.3 is 5.51 Å². The Morgan fingerprint density at radius 2 is 1.94 bits per heavy atom. The van der Waals surface area contributed by atoms with Gasteiger partial charge in [-0.25, -0.2) is 0 Å². The minimum absolute atomic E-state index is 0.0270. The fourth-order valence-electron chi connectivity index (χ4n) is 1.40. The Hall–Kier alpha value is -0.490. The van der Waals surface area contributed by atoms with Gasteiger partial charge in [0.1, 0.15) is 5.78 Å². The van der Waals surface area contributed by atoms with Crippen molar-refractivity contribution in [2.24, 2.45) is 0 Å². The lowest BCUT2D eigenvalue weighted by atomic mass is 10.1. The van der Waals surface area contributed by atoms with Crippen LogP contribution >= 0.6 is 27.7 Å². The number of halogens is 4. The maximum atomic E-state index is 12.4. The first-order valence-corrected chi connectivity index (χ1v) is 6.69. The van der Waals surface area contributed by atoms with E-state index in [1.54, 1.807) is 18.2 Å². The van der Waals surface area contributed by atoms with Crippen LogP contribution in [-0.4, -0.2) is 11.3 Å². The maximum Gasteiger partial charge on any atom is 0.446 e. The monoisotopic (exact) mass is 326 g/mol. The normalized spacial score (nSPS) is 11.6. The predicted octanol–water partition coefficient (Wildman–Crippen LogP) is 4.32. The van der Waals surface area contributed by atoms with E-state index in [9.17, 15) is 18.0 Å². The van der Waals surface area contributed by atoms with Crippen LogP contribution in [0.3, 0.4) is 0 Å². The lowest BCUT2D eigenvalue weighted by Gasteiger charge is -2.13. The van der Waals surface area contributed by atoms with E-state index in [4.69, 9.17) is 0 Å². The van der Waals surface area contributed by atoms with Crippen molar-refractivity contribution in [3.8, 4) is 0 Å². The summed E-state index contributed by atoms with van der Waals surface area (Å²) in [5.74, 6) is -0.152. The number of alkyl halides is 4. The van der Waals surface area contributed by atoms with Gasteiger partial charge in [-0.2, -0.15) is 13.2 Å². The van der Waals surface area contributed by atoms with Crippen LogP contribution in [0.25, 0.3) is 0 Å². The van der Waals surface area contributed by atoms with Gasteiger partial charge in [-0.3, -0.25) is 4.79 Å². The molecule has 0 saturated heterocycles. The molecule has 0 atom stereocenters. The van der Waals surface area contributed by atoms with E-state index in [2.05, 4.69) is 15.9 Å². The first-order valence-electron chi connectivity index (χ1n) is 4.75. The molecule has 1 aromatic rings. The zero-order chi connectivity index (χ0) is 13.1. The average Bonchev–Trinajstić information content (AvgIpc) is 2.17. The smallest absolute Gasteiger partial charge is 0.300 e. The van der Waals surface area contributed by atoms with E-state index in [0.717, 1.165) is 0 Å². The largest absolute Gasteiger partial charge is 0.446 e. The first kappa shape index (κ1) is 14.6. The Morgan fingerprint density at radius 1 is 1.35 bits per heavy atom. The molecule has 6 heteroatoms. The van der Waals surface area contributed by atoms with Gasteiger partial charge in [-0.1, -0.05) is 34.1 Å². The molecule has 0 spiro atoms. The number of thioether (sulfide) groups is 1. The number of carbonyl (C=O) groups is 1. The van der Waals surface area contributed by atoms with Crippen molar-refractivity contribution in [1.29, 1.82) is 0 Å². The van der Waals surface area contributed by atoms with Crippen LogP contribution in [0, 0.1) is 0 Å². The summed E-state index contributed by atoms with van der Waals surface area (Å²) in [6.45, 7) is 1.36. The quantitative estimate of drug-likeness (QED) is 0.605. The number of rotatable bonds is 4. The van der Waals surface area contributed by atoms with Crippen LogP contribution in [0.4, 0.5) is 13.2 Å². The Kier molecular flexibility index (Phi) is 5.06. The molecule has 0 amide bonds. The summed E-state index contributed by atoms with van der Waals surface area (Å²) in [5, 5.41) is 0.331. The van der Waals surface area contributed by atoms with E-state index >= 15 is 0 Å². The summed E-state index contributed by atoms with van der Waals surface area (Å²) in [4.78, 5) is 11.2. The SMILES string of the molecule is CC(=O)Cc1cccc(CBr)c1SC(F)(F)F. The molecule has 0 heterocycles. The minimum atomic E-state index is -4.34. The van der Waals surface area contributed by atoms with Crippen molar-refractivity contribution in [1.82, 2.24) is 0 Å². The first-order chi connectivity index (χ1) is 7.83. The molecular weight excluding hydrogens is 317 g/mol. The highest BCUT2D eigenvalue weighted by atomic mass is 79.9. The zero-order valence-electron chi connectivity index (χ0n) is 8.97. The Morgan fingerprint density at radius 3 is 2.41 bits per heavy atom. The topological polar surface area (TPSA) is 17.1 Å². The summed E-state index contributed by atoms with van der Waals surface area (Å²) < 4.78 is 37.3. The molecule has 17 heavy (non-hydrogen) atoms. The lowest BCUT2D eigenvalue weighted by molar-refractivity contribution is -0.116. The fraction of sp³-hybridized carbons (Fsp3) is 0.364. The number of carbonyl (C=O) groups excluding carboxylic acids is 1. The predicted molar refractivity (Wildman–Crippen MR) is 65.4 cm³/mol. The third-order valence-corrected chi connectivity index (χ3v) is 3.54. The highest BCUT2D eigenvalue weighted by molar-refractivity contribution is 9.08. The van der Waals surface area contributed by atoms with Gasteiger partial charge in [-0.15, -0.1) is 0 Å². The van der Waals surface area contributed by atoms with Gasteiger partial charge < -0.3 is 0 Å². The maximum absolute atomic E-state index is 12.4. The van der Waals surface area contributed by atoms with E-state index in [1.807, 2.05) is 0 Å². The van der Waals surface area contributed by atoms with Gasteiger partial charge in [0.2, 0.25) is 0 Å². The van der Waals surface area contributed by atoms with Gasteiger partial charge in [-0.05, 0) is 29.8 Å². The molecule has 0 N–H and O–H groups in total. The molecular formula is C11H10BrF3OS. The molecule has 0 aliphatic rings. The second-order valence-corrected chi connectivity index (χ2v) is 5.10. The van der Waals surface area contributed by atoms with E-state index in [-0.39, 0.29) is 28.9 Å². The highest BCUT2D eigenvalue weighted by Crippen LogP contribution is 2.41. The van der Waals surface area contributed by atoms with E-state index in [1.165, 1.54) is 6.92 Å². The van der Waals surface area contributed by atoms with E-state index < -0.39 is 5.51 Å². The number of benzene rings is 1. The van der Waals surface area contributed by atoms with Gasteiger partial charge in [0.05, 0.1) is 0 Å². The molecule has 0 fully saturated rings. The van der Waals surface area contributed by atoms with Gasteiger partial charge in [0.25, 0.3) is 0 Å². The van der Waals surface area contributed by atoms with Crippen molar-refractivity contribution in [2.45, 2.75) is 29.1 Å².